The summed E-state index contributed by atoms with van der Waals surface area (Å²) in [5.41, 5.74) is 0.809. The van der Waals surface area contributed by atoms with Crippen molar-refractivity contribution >= 4 is 17.5 Å². The van der Waals surface area contributed by atoms with Crippen molar-refractivity contribution in [2.75, 3.05) is 13.6 Å². The van der Waals surface area contributed by atoms with E-state index in [0.717, 1.165) is 5.56 Å². The number of amides is 1. The van der Waals surface area contributed by atoms with Gasteiger partial charge in [-0.05, 0) is 45.2 Å². The summed E-state index contributed by atoms with van der Waals surface area (Å²) in [7, 11) is 1.83. The molecule has 0 saturated heterocycles. The summed E-state index contributed by atoms with van der Waals surface area (Å²) < 4.78 is 5.60. The third-order valence-electron chi connectivity index (χ3n) is 2.83. The molecule has 1 heterocycles. The second-order valence-corrected chi connectivity index (χ2v) is 5.84. The molecule has 1 amide bonds. The van der Waals surface area contributed by atoms with Gasteiger partial charge >= 0.3 is 0 Å². The van der Waals surface area contributed by atoms with Crippen molar-refractivity contribution in [3.63, 3.8) is 0 Å². The molecule has 0 radical (unpaired) electrons. The highest BCUT2D eigenvalue weighted by molar-refractivity contribution is 6.30. The largest absolute Gasteiger partial charge is 0.419 e. The van der Waals surface area contributed by atoms with Crippen molar-refractivity contribution in [3.8, 4) is 11.5 Å². The molecule has 0 aliphatic heterocycles. The van der Waals surface area contributed by atoms with Crippen LogP contribution >= 0.6 is 11.6 Å². The SMILES string of the molecule is CC(C)NC(=O)CN(C)Cc1nnc(-c2ccc(Cl)cc2)o1. The monoisotopic (exact) mass is 322 g/mol. The summed E-state index contributed by atoms with van der Waals surface area (Å²) in [5, 5.41) is 11.5. The summed E-state index contributed by atoms with van der Waals surface area (Å²) in [5.74, 6) is 0.867. The fourth-order valence-corrected chi connectivity index (χ4v) is 2.05. The van der Waals surface area contributed by atoms with Crippen molar-refractivity contribution in [2.24, 2.45) is 0 Å². The lowest BCUT2D eigenvalue weighted by atomic mass is 10.2. The first kappa shape index (κ1) is 16.5. The van der Waals surface area contributed by atoms with E-state index in [-0.39, 0.29) is 18.5 Å². The maximum Gasteiger partial charge on any atom is 0.247 e. The Hall–Kier alpha value is -1.92. The van der Waals surface area contributed by atoms with E-state index in [0.29, 0.717) is 23.3 Å². The Bertz CT molecular complexity index is 625. The number of halogens is 1. The minimum atomic E-state index is -0.0325. The standard InChI is InChI=1S/C15H19ClN4O2/c1-10(2)17-13(21)8-20(3)9-14-18-19-15(22-14)11-4-6-12(16)7-5-11/h4-7,10H,8-9H2,1-3H3,(H,17,21). The lowest BCUT2D eigenvalue weighted by Gasteiger charge is -2.15. The van der Waals surface area contributed by atoms with Gasteiger partial charge in [0.15, 0.2) is 0 Å². The number of carbonyl (C=O) groups is 1. The van der Waals surface area contributed by atoms with Crippen LogP contribution in [0.25, 0.3) is 11.5 Å². The molecule has 6 nitrogen and oxygen atoms in total. The van der Waals surface area contributed by atoms with Gasteiger partial charge < -0.3 is 9.73 Å². The third kappa shape index (κ3) is 4.82. The molecule has 2 aromatic rings. The van der Waals surface area contributed by atoms with Gasteiger partial charge in [-0.1, -0.05) is 11.6 Å². The van der Waals surface area contributed by atoms with E-state index in [9.17, 15) is 4.79 Å². The second kappa shape index (κ2) is 7.38. The van der Waals surface area contributed by atoms with Crippen LogP contribution in [0.1, 0.15) is 19.7 Å². The number of aromatic nitrogens is 2. The molecule has 0 aliphatic rings. The number of rotatable bonds is 6. The average Bonchev–Trinajstić information content (AvgIpc) is 2.86. The van der Waals surface area contributed by atoms with Crippen LogP contribution in [0.4, 0.5) is 0 Å². The van der Waals surface area contributed by atoms with E-state index in [4.69, 9.17) is 16.0 Å². The van der Waals surface area contributed by atoms with Crippen LogP contribution in [-0.4, -0.2) is 40.6 Å². The molecular formula is C15H19ClN4O2. The zero-order valence-corrected chi connectivity index (χ0v) is 13.6. The maximum absolute atomic E-state index is 11.7. The Morgan fingerprint density at radius 3 is 2.64 bits per heavy atom. The molecule has 0 aliphatic carbocycles. The second-order valence-electron chi connectivity index (χ2n) is 5.40. The highest BCUT2D eigenvalue weighted by atomic mass is 35.5. The Morgan fingerprint density at radius 2 is 2.00 bits per heavy atom. The van der Waals surface area contributed by atoms with E-state index in [2.05, 4.69) is 15.5 Å². The minimum Gasteiger partial charge on any atom is -0.419 e. The van der Waals surface area contributed by atoms with Gasteiger partial charge in [-0.3, -0.25) is 9.69 Å². The van der Waals surface area contributed by atoms with E-state index < -0.39 is 0 Å². The first-order valence-electron chi connectivity index (χ1n) is 7.00. The maximum atomic E-state index is 11.7. The Morgan fingerprint density at radius 1 is 1.32 bits per heavy atom. The van der Waals surface area contributed by atoms with Crippen LogP contribution < -0.4 is 5.32 Å². The first-order chi connectivity index (χ1) is 10.4. The van der Waals surface area contributed by atoms with Gasteiger partial charge in [-0.25, -0.2) is 0 Å². The third-order valence-corrected chi connectivity index (χ3v) is 3.08. The molecule has 0 bridgehead atoms. The Balaban J connectivity index is 1.94. The summed E-state index contributed by atoms with van der Waals surface area (Å²) in [4.78, 5) is 13.5. The minimum absolute atomic E-state index is 0.0325. The number of hydrogen-bond donors (Lipinski definition) is 1. The van der Waals surface area contributed by atoms with Gasteiger partial charge in [-0.2, -0.15) is 0 Å². The van der Waals surface area contributed by atoms with Gasteiger partial charge in [0.25, 0.3) is 0 Å². The molecule has 0 saturated carbocycles. The fourth-order valence-electron chi connectivity index (χ4n) is 1.93. The van der Waals surface area contributed by atoms with Crippen molar-refractivity contribution in [1.82, 2.24) is 20.4 Å². The predicted octanol–water partition coefficient (Wildman–Crippen LogP) is 2.35. The molecule has 0 fully saturated rings. The molecule has 1 aromatic heterocycles. The van der Waals surface area contributed by atoms with Crippen LogP contribution in [0, 0.1) is 0 Å². The topological polar surface area (TPSA) is 71.3 Å². The normalized spacial score (nSPS) is 11.2. The molecule has 22 heavy (non-hydrogen) atoms. The van der Waals surface area contributed by atoms with Crippen LogP contribution in [0.3, 0.4) is 0 Å². The zero-order valence-electron chi connectivity index (χ0n) is 12.8. The number of benzene rings is 1. The van der Waals surface area contributed by atoms with Gasteiger partial charge in [0, 0.05) is 16.6 Å². The molecule has 1 aromatic carbocycles. The van der Waals surface area contributed by atoms with E-state index >= 15 is 0 Å². The van der Waals surface area contributed by atoms with Crippen LogP contribution in [0.5, 0.6) is 0 Å². The van der Waals surface area contributed by atoms with Gasteiger partial charge in [0.05, 0.1) is 13.1 Å². The average molecular weight is 323 g/mol. The number of carbonyl (C=O) groups excluding carboxylic acids is 1. The zero-order chi connectivity index (χ0) is 16.1. The molecule has 2 rings (SSSR count). The Labute approximate surface area is 134 Å². The summed E-state index contributed by atoms with van der Waals surface area (Å²) >= 11 is 5.85. The predicted molar refractivity (Wildman–Crippen MR) is 84.4 cm³/mol. The number of likely N-dealkylation sites (N-methyl/N-ethyl adjacent to an activating group) is 1. The lowest BCUT2D eigenvalue weighted by Crippen LogP contribution is -2.38. The highest BCUT2D eigenvalue weighted by Crippen LogP contribution is 2.20. The molecule has 7 heteroatoms. The van der Waals surface area contributed by atoms with Crippen molar-refractivity contribution in [3.05, 3.63) is 35.2 Å². The number of nitrogens with zero attached hydrogens (tertiary/aromatic N) is 3. The van der Waals surface area contributed by atoms with Crippen molar-refractivity contribution in [2.45, 2.75) is 26.4 Å². The van der Waals surface area contributed by atoms with Crippen LogP contribution in [0.15, 0.2) is 28.7 Å². The highest BCUT2D eigenvalue weighted by Gasteiger charge is 2.13. The molecule has 0 unspecified atom stereocenters. The smallest absolute Gasteiger partial charge is 0.247 e. The Kier molecular flexibility index (Phi) is 5.51. The molecular weight excluding hydrogens is 304 g/mol. The molecule has 118 valence electrons. The number of nitrogens with one attached hydrogen (secondary N) is 1. The summed E-state index contributed by atoms with van der Waals surface area (Å²) in [6.45, 7) is 4.53. The summed E-state index contributed by atoms with van der Waals surface area (Å²) in [6.07, 6.45) is 0. The molecule has 1 N–H and O–H groups in total. The molecule has 0 spiro atoms. The molecule has 0 atom stereocenters. The van der Waals surface area contributed by atoms with E-state index in [1.807, 2.05) is 37.9 Å². The number of hydrogen-bond acceptors (Lipinski definition) is 5. The van der Waals surface area contributed by atoms with Gasteiger partial charge in [0.2, 0.25) is 17.7 Å². The van der Waals surface area contributed by atoms with Gasteiger partial charge in [0.1, 0.15) is 0 Å². The fraction of sp³-hybridized carbons (Fsp3) is 0.400. The van der Waals surface area contributed by atoms with Gasteiger partial charge in [-0.15, -0.1) is 10.2 Å². The van der Waals surface area contributed by atoms with Crippen molar-refractivity contribution < 1.29 is 9.21 Å². The quantitative estimate of drug-likeness (QED) is 0.884. The van der Waals surface area contributed by atoms with Crippen LogP contribution in [-0.2, 0) is 11.3 Å². The first-order valence-corrected chi connectivity index (χ1v) is 7.38. The van der Waals surface area contributed by atoms with E-state index in [1.54, 1.807) is 12.1 Å². The van der Waals surface area contributed by atoms with Crippen molar-refractivity contribution in [1.29, 1.82) is 0 Å². The van der Waals surface area contributed by atoms with E-state index in [1.165, 1.54) is 0 Å². The summed E-state index contributed by atoms with van der Waals surface area (Å²) in [6, 6.07) is 7.30. The van der Waals surface area contributed by atoms with Crippen LogP contribution in [0.2, 0.25) is 5.02 Å². The lowest BCUT2D eigenvalue weighted by molar-refractivity contribution is -0.122.